The Labute approximate surface area is 167 Å². The second-order valence-electron chi connectivity index (χ2n) is 6.49. The van der Waals surface area contributed by atoms with E-state index in [9.17, 15) is 18.0 Å². The number of benzene rings is 2. The Balaban J connectivity index is 0.00000280. The van der Waals surface area contributed by atoms with Crippen molar-refractivity contribution in [3.8, 4) is 5.75 Å². The lowest BCUT2D eigenvalue weighted by atomic mass is 10.1. The highest BCUT2D eigenvalue weighted by molar-refractivity contribution is 5.85. The third-order valence-electron chi connectivity index (χ3n) is 4.45. The maximum absolute atomic E-state index is 12.5. The molecule has 0 aromatic heterocycles. The van der Waals surface area contributed by atoms with E-state index in [0.29, 0.717) is 17.9 Å². The fourth-order valence-corrected chi connectivity index (χ4v) is 2.88. The molecule has 152 valence electrons. The van der Waals surface area contributed by atoms with Gasteiger partial charge in [-0.25, -0.2) is 0 Å². The van der Waals surface area contributed by atoms with E-state index >= 15 is 0 Å². The van der Waals surface area contributed by atoms with Crippen LogP contribution in [0.2, 0.25) is 0 Å². The van der Waals surface area contributed by atoms with Gasteiger partial charge in [0.25, 0.3) is 0 Å². The first-order valence-electron chi connectivity index (χ1n) is 8.81. The van der Waals surface area contributed by atoms with E-state index in [0.717, 1.165) is 37.1 Å². The maximum atomic E-state index is 12.5. The first kappa shape index (κ1) is 22.0. The fourth-order valence-electron chi connectivity index (χ4n) is 2.88. The van der Waals surface area contributed by atoms with Crippen LogP contribution in [-0.4, -0.2) is 18.5 Å². The summed E-state index contributed by atoms with van der Waals surface area (Å²) in [5, 5.41) is 6.05. The molecule has 2 aromatic carbocycles. The largest absolute Gasteiger partial charge is 0.489 e. The van der Waals surface area contributed by atoms with E-state index in [1.165, 1.54) is 12.1 Å². The lowest BCUT2D eigenvalue weighted by Gasteiger charge is -2.12. The van der Waals surface area contributed by atoms with Crippen molar-refractivity contribution in [1.82, 2.24) is 10.6 Å². The number of carbonyl (C=O) groups is 1. The van der Waals surface area contributed by atoms with Crippen LogP contribution in [0.4, 0.5) is 13.2 Å². The second-order valence-corrected chi connectivity index (χ2v) is 6.49. The zero-order chi connectivity index (χ0) is 19.3. The van der Waals surface area contributed by atoms with Gasteiger partial charge in [0, 0.05) is 6.54 Å². The molecule has 2 aromatic rings. The van der Waals surface area contributed by atoms with Gasteiger partial charge in [0.05, 0.1) is 11.6 Å². The van der Waals surface area contributed by atoms with E-state index in [1.807, 2.05) is 12.1 Å². The Hall–Kier alpha value is -2.25. The third kappa shape index (κ3) is 6.14. The SMILES string of the molecule is Cl.O=C(NCc1ccc(OCc2ccc(C(F)(F)F)cc2)cc1)C1CCCN1. The molecule has 1 aliphatic rings. The molecule has 0 bridgehead atoms. The Bertz CT molecular complexity index is 759. The zero-order valence-corrected chi connectivity index (χ0v) is 15.9. The molecule has 1 amide bonds. The summed E-state index contributed by atoms with van der Waals surface area (Å²) in [4.78, 5) is 12.0. The molecule has 3 rings (SSSR count). The van der Waals surface area contributed by atoms with E-state index in [-0.39, 0.29) is 31.0 Å². The summed E-state index contributed by atoms with van der Waals surface area (Å²) in [5.41, 5.74) is 0.928. The smallest absolute Gasteiger partial charge is 0.416 e. The Morgan fingerprint density at radius 1 is 1.07 bits per heavy atom. The van der Waals surface area contributed by atoms with Crippen LogP contribution in [-0.2, 0) is 24.1 Å². The highest BCUT2D eigenvalue weighted by Gasteiger charge is 2.29. The average molecular weight is 415 g/mol. The monoisotopic (exact) mass is 414 g/mol. The van der Waals surface area contributed by atoms with Crippen molar-refractivity contribution in [3.05, 3.63) is 65.2 Å². The molecule has 1 atom stereocenters. The molecule has 8 heteroatoms. The van der Waals surface area contributed by atoms with Crippen molar-refractivity contribution in [1.29, 1.82) is 0 Å². The van der Waals surface area contributed by atoms with Gasteiger partial charge in [-0.3, -0.25) is 4.79 Å². The molecule has 2 N–H and O–H groups in total. The molecule has 1 saturated heterocycles. The minimum absolute atomic E-state index is 0. The Morgan fingerprint density at radius 3 is 2.29 bits per heavy atom. The summed E-state index contributed by atoms with van der Waals surface area (Å²) in [6, 6.07) is 12.1. The molecule has 0 spiro atoms. The summed E-state index contributed by atoms with van der Waals surface area (Å²) in [6.07, 6.45) is -2.45. The van der Waals surface area contributed by atoms with E-state index in [2.05, 4.69) is 10.6 Å². The maximum Gasteiger partial charge on any atom is 0.416 e. The Morgan fingerprint density at radius 2 is 1.71 bits per heavy atom. The second kappa shape index (κ2) is 9.80. The molecule has 1 fully saturated rings. The molecule has 4 nitrogen and oxygen atoms in total. The van der Waals surface area contributed by atoms with Gasteiger partial charge in [-0.05, 0) is 54.8 Å². The number of hydrogen-bond donors (Lipinski definition) is 2. The molecule has 28 heavy (non-hydrogen) atoms. The minimum Gasteiger partial charge on any atom is -0.489 e. The number of rotatable bonds is 6. The first-order chi connectivity index (χ1) is 12.9. The minimum atomic E-state index is -4.33. The molecule has 1 aliphatic heterocycles. The van der Waals surface area contributed by atoms with Crippen molar-refractivity contribution in [3.63, 3.8) is 0 Å². The van der Waals surface area contributed by atoms with E-state index in [1.54, 1.807) is 12.1 Å². The summed E-state index contributed by atoms with van der Waals surface area (Å²) < 4.78 is 43.2. The number of amides is 1. The van der Waals surface area contributed by atoms with Gasteiger partial charge in [0.15, 0.2) is 0 Å². The quantitative estimate of drug-likeness (QED) is 0.749. The van der Waals surface area contributed by atoms with Gasteiger partial charge in [0.2, 0.25) is 5.91 Å². The van der Waals surface area contributed by atoms with Crippen LogP contribution in [0.5, 0.6) is 5.75 Å². The fraction of sp³-hybridized carbons (Fsp3) is 0.350. The van der Waals surface area contributed by atoms with Gasteiger partial charge < -0.3 is 15.4 Å². The molecule has 0 saturated carbocycles. The van der Waals surface area contributed by atoms with Crippen LogP contribution >= 0.6 is 12.4 Å². The topological polar surface area (TPSA) is 50.4 Å². The highest BCUT2D eigenvalue weighted by atomic mass is 35.5. The van der Waals surface area contributed by atoms with E-state index in [4.69, 9.17) is 4.74 Å². The van der Waals surface area contributed by atoms with Crippen molar-refractivity contribution in [2.45, 2.75) is 38.2 Å². The number of alkyl halides is 3. The Kier molecular flexibility index (Phi) is 7.71. The molecule has 0 aliphatic carbocycles. The van der Waals surface area contributed by atoms with Crippen LogP contribution in [0, 0.1) is 0 Å². The number of ether oxygens (including phenoxy) is 1. The van der Waals surface area contributed by atoms with Gasteiger partial charge in [0.1, 0.15) is 12.4 Å². The highest BCUT2D eigenvalue weighted by Crippen LogP contribution is 2.29. The molecule has 1 heterocycles. The molecular weight excluding hydrogens is 393 g/mol. The molecular formula is C20H22ClF3N2O2. The van der Waals surface area contributed by atoms with Crippen molar-refractivity contribution in [2.24, 2.45) is 0 Å². The number of nitrogens with one attached hydrogen (secondary N) is 2. The summed E-state index contributed by atoms with van der Waals surface area (Å²) in [5.74, 6) is 0.623. The van der Waals surface area contributed by atoms with Gasteiger partial charge in [-0.15, -0.1) is 12.4 Å². The summed E-state index contributed by atoms with van der Waals surface area (Å²) in [7, 11) is 0. The average Bonchev–Trinajstić information content (AvgIpc) is 3.20. The van der Waals surface area contributed by atoms with Gasteiger partial charge in [-0.2, -0.15) is 13.2 Å². The van der Waals surface area contributed by atoms with Gasteiger partial charge in [-0.1, -0.05) is 24.3 Å². The van der Waals surface area contributed by atoms with Crippen LogP contribution < -0.4 is 15.4 Å². The van der Waals surface area contributed by atoms with E-state index < -0.39 is 11.7 Å². The summed E-state index contributed by atoms with van der Waals surface area (Å²) >= 11 is 0. The van der Waals surface area contributed by atoms with Crippen LogP contribution in [0.25, 0.3) is 0 Å². The van der Waals surface area contributed by atoms with Crippen molar-refractivity contribution in [2.75, 3.05) is 6.54 Å². The molecule has 0 radical (unpaired) electrons. The van der Waals surface area contributed by atoms with Crippen LogP contribution in [0.3, 0.4) is 0 Å². The van der Waals surface area contributed by atoms with Crippen LogP contribution in [0.15, 0.2) is 48.5 Å². The van der Waals surface area contributed by atoms with Crippen molar-refractivity contribution >= 4 is 18.3 Å². The third-order valence-corrected chi connectivity index (χ3v) is 4.45. The number of halogens is 4. The predicted molar refractivity (Wildman–Crippen MR) is 102 cm³/mol. The van der Waals surface area contributed by atoms with Crippen molar-refractivity contribution < 1.29 is 22.7 Å². The lowest BCUT2D eigenvalue weighted by Crippen LogP contribution is -2.39. The predicted octanol–water partition coefficient (Wildman–Crippen LogP) is 4.07. The standard InChI is InChI=1S/C20H21F3N2O2.ClH/c21-20(22,23)16-7-3-15(4-8-16)13-27-17-9-5-14(6-10-17)12-25-19(26)18-2-1-11-24-18;/h3-10,18,24H,1-2,11-13H2,(H,25,26);1H. The van der Waals surface area contributed by atoms with Crippen LogP contribution in [0.1, 0.15) is 29.5 Å². The lowest BCUT2D eigenvalue weighted by molar-refractivity contribution is -0.137. The van der Waals surface area contributed by atoms with Gasteiger partial charge >= 0.3 is 6.18 Å². The number of hydrogen-bond acceptors (Lipinski definition) is 3. The summed E-state index contributed by atoms with van der Waals surface area (Å²) in [6.45, 7) is 1.50. The zero-order valence-electron chi connectivity index (χ0n) is 15.1. The number of carbonyl (C=O) groups excluding carboxylic acids is 1. The first-order valence-corrected chi connectivity index (χ1v) is 8.81. The molecule has 1 unspecified atom stereocenters. The normalized spacial score (nSPS) is 16.3.